The third-order valence-electron chi connectivity index (χ3n) is 4.54. The first-order valence-corrected chi connectivity index (χ1v) is 9.77. The standard InChI is InChI=1S/C21H17N3O4S/c1-3-23-18(22-17-10-5-4-9-16(17)20(23)26)12-28-15-8-6-7-14(11-15)24-19(25)13(2)29-21(24)27/h4-11H,2-3,12H2,1H3. The topological polar surface area (TPSA) is 81.5 Å². The van der Waals surface area contributed by atoms with Crippen molar-refractivity contribution in [2.24, 2.45) is 0 Å². The summed E-state index contributed by atoms with van der Waals surface area (Å²) < 4.78 is 7.41. The molecule has 0 N–H and O–H groups in total. The molecular weight excluding hydrogens is 390 g/mol. The molecule has 1 fully saturated rings. The van der Waals surface area contributed by atoms with Crippen LogP contribution in [0.1, 0.15) is 12.7 Å². The fourth-order valence-electron chi connectivity index (χ4n) is 3.14. The predicted octanol–water partition coefficient (Wildman–Crippen LogP) is 3.71. The van der Waals surface area contributed by atoms with E-state index in [1.807, 2.05) is 13.0 Å². The number of hydrogen-bond acceptors (Lipinski definition) is 6. The minimum Gasteiger partial charge on any atom is -0.486 e. The number of benzene rings is 2. The largest absolute Gasteiger partial charge is 0.486 e. The van der Waals surface area contributed by atoms with E-state index in [1.54, 1.807) is 47.0 Å². The van der Waals surface area contributed by atoms with E-state index in [0.717, 1.165) is 16.7 Å². The summed E-state index contributed by atoms with van der Waals surface area (Å²) in [6.07, 6.45) is 0. The Hall–Kier alpha value is -3.39. The highest BCUT2D eigenvalue weighted by molar-refractivity contribution is 8.18. The number of fused-ring (bicyclic) bond motifs is 1. The first-order chi connectivity index (χ1) is 14.0. The molecule has 146 valence electrons. The van der Waals surface area contributed by atoms with Gasteiger partial charge in [-0.1, -0.05) is 24.8 Å². The van der Waals surface area contributed by atoms with Crippen molar-refractivity contribution in [2.75, 3.05) is 4.90 Å². The van der Waals surface area contributed by atoms with Crippen molar-refractivity contribution >= 4 is 39.5 Å². The molecule has 2 aromatic carbocycles. The molecule has 0 radical (unpaired) electrons. The fraction of sp³-hybridized carbons (Fsp3) is 0.143. The average Bonchev–Trinajstić information content (AvgIpc) is 2.98. The van der Waals surface area contributed by atoms with Crippen LogP contribution in [0.3, 0.4) is 0 Å². The van der Waals surface area contributed by atoms with E-state index in [9.17, 15) is 14.4 Å². The Kier molecular flexibility index (Phi) is 4.94. The number of imide groups is 1. The molecule has 1 saturated heterocycles. The quantitative estimate of drug-likeness (QED) is 0.600. The molecule has 2 heterocycles. The van der Waals surface area contributed by atoms with Crippen LogP contribution in [0, 0.1) is 0 Å². The lowest BCUT2D eigenvalue weighted by atomic mass is 10.2. The zero-order valence-corrected chi connectivity index (χ0v) is 16.4. The van der Waals surface area contributed by atoms with Crippen LogP contribution in [0.4, 0.5) is 10.5 Å². The van der Waals surface area contributed by atoms with E-state index in [4.69, 9.17) is 4.74 Å². The van der Waals surface area contributed by atoms with E-state index in [2.05, 4.69) is 11.6 Å². The van der Waals surface area contributed by atoms with Crippen molar-refractivity contribution in [3.05, 3.63) is 76.2 Å². The predicted molar refractivity (Wildman–Crippen MR) is 112 cm³/mol. The highest BCUT2D eigenvalue weighted by atomic mass is 32.2. The van der Waals surface area contributed by atoms with Gasteiger partial charge in [-0.25, -0.2) is 9.88 Å². The lowest BCUT2D eigenvalue weighted by Crippen LogP contribution is -2.27. The van der Waals surface area contributed by atoms with Gasteiger partial charge in [-0.15, -0.1) is 0 Å². The number of para-hydroxylation sites is 1. The second-order valence-electron chi connectivity index (χ2n) is 6.31. The number of aromatic nitrogens is 2. The number of anilines is 1. The number of ether oxygens (including phenoxy) is 1. The molecule has 1 aliphatic rings. The van der Waals surface area contributed by atoms with Crippen LogP contribution in [-0.4, -0.2) is 20.7 Å². The number of thioether (sulfide) groups is 1. The molecule has 0 aliphatic carbocycles. The molecular formula is C21H17N3O4S. The summed E-state index contributed by atoms with van der Waals surface area (Å²) in [6, 6.07) is 13.8. The van der Waals surface area contributed by atoms with Gasteiger partial charge in [-0.05, 0) is 43.0 Å². The zero-order valence-electron chi connectivity index (χ0n) is 15.6. The van der Waals surface area contributed by atoms with Gasteiger partial charge in [-0.2, -0.15) is 0 Å². The van der Waals surface area contributed by atoms with E-state index >= 15 is 0 Å². The lowest BCUT2D eigenvalue weighted by Gasteiger charge is -2.15. The molecule has 4 rings (SSSR count). The molecule has 2 amide bonds. The Balaban J connectivity index is 1.62. The molecule has 29 heavy (non-hydrogen) atoms. The summed E-state index contributed by atoms with van der Waals surface area (Å²) in [5.41, 5.74) is 0.899. The summed E-state index contributed by atoms with van der Waals surface area (Å²) in [5.74, 6) is 0.516. The van der Waals surface area contributed by atoms with Crippen molar-refractivity contribution in [1.82, 2.24) is 9.55 Å². The number of rotatable bonds is 5. The number of hydrogen-bond donors (Lipinski definition) is 0. The van der Waals surface area contributed by atoms with Gasteiger partial charge in [-0.3, -0.25) is 19.0 Å². The van der Waals surface area contributed by atoms with Gasteiger partial charge < -0.3 is 4.74 Å². The molecule has 7 nitrogen and oxygen atoms in total. The third-order valence-corrected chi connectivity index (χ3v) is 5.31. The Morgan fingerprint density at radius 2 is 1.90 bits per heavy atom. The van der Waals surface area contributed by atoms with Crippen molar-refractivity contribution in [1.29, 1.82) is 0 Å². The van der Waals surface area contributed by atoms with Crippen molar-refractivity contribution in [3.63, 3.8) is 0 Å². The van der Waals surface area contributed by atoms with Crippen LogP contribution in [0.15, 0.2) is 64.8 Å². The van der Waals surface area contributed by atoms with Gasteiger partial charge in [0.15, 0.2) is 0 Å². The Morgan fingerprint density at radius 1 is 1.10 bits per heavy atom. The van der Waals surface area contributed by atoms with Crippen LogP contribution in [0.25, 0.3) is 10.9 Å². The molecule has 0 unspecified atom stereocenters. The number of carbonyl (C=O) groups is 2. The maximum Gasteiger partial charge on any atom is 0.298 e. The van der Waals surface area contributed by atoms with Crippen molar-refractivity contribution < 1.29 is 14.3 Å². The highest BCUT2D eigenvalue weighted by Gasteiger charge is 2.35. The summed E-state index contributed by atoms with van der Waals surface area (Å²) in [4.78, 5) is 42.7. The maximum atomic E-state index is 12.7. The van der Waals surface area contributed by atoms with E-state index < -0.39 is 11.1 Å². The molecule has 8 heteroatoms. The van der Waals surface area contributed by atoms with E-state index in [1.165, 1.54) is 0 Å². The normalized spacial score (nSPS) is 14.1. The minimum atomic E-state index is -0.437. The van der Waals surface area contributed by atoms with Crippen molar-refractivity contribution in [3.8, 4) is 5.75 Å². The Labute approximate surface area is 170 Å². The SMILES string of the molecule is C=C1SC(=O)N(c2cccc(OCc3nc4ccccc4c(=O)n3CC)c2)C1=O. The second-order valence-corrected chi connectivity index (χ2v) is 7.36. The lowest BCUT2D eigenvalue weighted by molar-refractivity contribution is -0.113. The van der Waals surface area contributed by atoms with Gasteiger partial charge in [0.05, 0.1) is 21.5 Å². The monoisotopic (exact) mass is 407 g/mol. The van der Waals surface area contributed by atoms with E-state index in [-0.39, 0.29) is 17.1 Å². The molecule has 0 atom stereocenters. The summed E-state index contributed by atoms with van der Waals surface area (Å²) in [7, 11) is 0. The number of carbonyl (C=O) groups excluding carboxylic acids is 2. The van der Waals surface area contributed by atoms with Gasteiger partial charge in [0.25, 0.3) is 16.7 Å². The summed E-state index contributed by atoms with van der Waals surface area (Å²) in [5, 5.41) is 0.164. The van der Waals surface area contributed by atoms with Crippen LogP contribution in [0.5, 0.6) is 5.75 Å². The molecule has 0 saturated carbocycles. The number of nitrogens with zero attached hydrogens (tertiary/aromatic N) is 3. The highest BCUT2D eigenvalue weighted by Crippen LogP contribution is 2.34. The van der Waals surface area contributed by atoms with E-state index in [0.29, 0.717) is 34.7 Å². The minimum absolute atomic E-state index is 0.0702. The maximum absolute atomic E-state index is 12.7. The zero-order chi connectivity index (χ0) is 20.5. The van der Waals surface area contributed by atoms with Gasteiger partial charge >= 0.3 is 0 Å². The second kappa shape index (κ2) is 7.56. The van der Waals surface area contributed by atoms with Crippen molar-refractivity contribution in [2.45, 2.75) is 20.1 Å². The molecule has 3 aromatic rings. The number of amides is 2. The average molecular weight is 407 g/mol. The first-order valence-electron chi connectivity index (χ1n) is 8.96. The van der Waals surface area contributed by atoms with Crippen LogP contribution < -0.4 is 15.2 Å². The summed E-state index contributed by atoms with van der Waals surface area (Å²) in [6.45, 7) is 6.00. The fourth-order valence-corrected chi connectivity index (χ4v) is 3.80. The van der Waals surface area contributed by atoms with Crippen LogP contribution in [-0.2, 0) is 17.9 Å². The molecule has 1 aromatic heterocycles. The van der Waals surface area contributed by atoms with Crippen LogP contribution in [0.2, 0.25) is 0 Å². The molecule has 0 spiro atoms. The van der Waals surface area contributed by atoms with Gasteiger partial charge in [0.1, 0.15) is 18.2 Å². The molecule has 1 aliphatic heterocycles. The third kappa shape index (κ3) is 3.42. The Bertz CT molecular complexity index is 1220. The smallest absolute Gasteiger partial charge is 0.298 e. The molecule has 0 bridgehead atoms. The summed E-state index contributed by atoms with van der Waals surface area (Å²) >= 11 is 0.809. The van der Waals surface area contributed by atoms with Gasteiger partial charge in [0, 0.05) is 12.6 Å². The van der Waals surface area contributed by atoms with Crippen LogP contribution >= 0.6 is 11.8 Å². The Morgan fingerprint density at radius 3 is 2.62 bits per heavy atom. The van der Waals surface area contributed by atoms with Gasteiger partial charge in [0.2, 0.25) is 0 Å². The first kappa shape index (κ1) is 18.9.